The molecule has 0 aliphatic carbocycles. The maximum Gasteiger partial charge on any atom is 0.254 e. The molecule has 0 spiro atoms. The Labute approximate surface area is 157 Å². The van der Waals surface area contributed by atoms with Gasteiger partial charge in [0.15, 0.2) is 5.65 Å². The van der Waals surface area contributed by atoms with Crippen LogP contribution in [0.5, 0.6) is 5.75 Å². The van der Waals surface area contributed by atoms with Crippen LogP contribution in [0.4, 0.5) is 0 Å². The zero-order valence-electron chi connectivity index (χ0n) is 15.2. The molecule has 136 valence electrons. The molecule has 1 atom stereocenters. The first-order valence-electron chi connectivity index (χ1n) is 8.45. The number of rotatable bonds is 5. The van der Waals surface area contributed by atoms with Gasteiger partial charge in [-0.3, -0.25) is 4.79 Å². The number of aromatic nitrogens is 3. The number of fused-ring (bicyclic) bond motifs is 1. The second-order valence-corrected chi connectivity index (χ2v) is 6.54. The molecule has 2 aromatic heterocycles. The van der Waals surface area contributed by atoms with Gasteiger partial charge >= 0.3 is 0 Å². The van der Waals surface area contributed by atoms with Gasteiger partial charge in [-0.25, -0.2) is 9.67 Å². The lowest BCUT2D eigenvalue weighted by atomic mass is 10.1. The van der Waals surface area contributed by atoms with Gasteiger partial charge in [-0.05, 0) is 44.5 Å². The summed E-state index contributed by atoms with van der Waals surface area (Å²) in [7, 11) is 1.62. The molecular formula is C19H21ClN4O2. The summed E-state index contributed by atoms with van der Waals surface area (Å²) in [6, 6.07) is 7.56. The summed E-state index contributed by atoms with van der Waals surface area (Å²) in [6.45, 7) is 5.81. The monoisotopic (exact) mass is 372 g/mol. The number of ether oxygens (including phenoxy) is 1. The van der Waals surface area contributed by atoms with Crippen LogP contribution in [0.2, 0.25) is 5.02 Å². The second kappa shape index (κ2) is 7.33. The smallest absolute Gasteiger partial charge is 0.254 e. The third kappa shape index (κ3) is 3.24. The number of nitrogens with zero attached hydrogens (tertiary/aromatic N) is 3. The summed E-state index contributed by atoms with van der Waals surface area (Å²) >= 11 is 6.54. The average molecular weight is 373 g/mol. The summed E-state index contributed by atoms with van der Waals surface area (Å²) < 4.78 is 6.90. The van der Waals surface area contributed by atoms with E-state index in [9.17, 15) is 4.79 Å². The molecule has 0 aliphatic rings. The van der Waals surface area contributed by atoms with Crippen LogP contribution < -0.4 is 10.1 Å². The fourth-order valence-electron chi connectivity index (χ4n) is 2.67. The van der Waals surface area contributed by atoms with Crippen LogP contribution in [-0.2, 0) is 0 Å². The molecule has 3 aromatic rings. The topological polar surface area (TPSA) is 69.0 Å². The zero-order valence-corrected chi connectivity index (χ0v) is 16.0. The highest BCUT2D eigenvalue weighted by Crippen LogP contribution is 2.30. The minimum atomic E-state index is -0.227. The van der Waals surface area contributed by atoms with Crippen molar-refractivity contribution in [2.24, 2.45) is 0 Å². The lowest BCUT2D eigenvalue weighted by Gasteiger charge is -2.12. The minimum Gasteiger partial charge on any atom is -0.497 e. The van der Waals surface area contributed by atoms with E-state index in [1.54, 1.807) is 11.8 Å². The Morgan fingerprint density at radius 1 is 1.35 bits per heavy atom. The summed E-state index contributed by atoms with van der Waals surface area (Å²) in [5.74, 6) is 0.535. The van der Waals surface area contributed by atoms with Crippen molar-refractivity contribution in [2.45, 2.75) is 33.2 Å². The van der Waals surface area contributed by atoms with Crippen molar-refractivity contribution in [3.05, 3.63) is 46.7 Å². The summed E-state index contributed by atoms with van der Waals surface area (Å²) in [6.07, 6.45) is 2.34. The molecule has 6 nitrogen and oxygen atoms in total. The summed E-state index contributed by atoms with van der Waals surface area (Å²) in [5.41, 5.74) is 2.52. The zero-order chi connectivity index (χ0) is 18.8. The number of hydrogen-bond donors (Lipinski definition) is 1. The van der Waals surface area contributed by atoms with Crippen LogP contribution in [0.15, 0.2) is 30.5 Å². The van der Waals surface area contributed by atoms with Crippen LogP contribution in [0.25, 0.3) is 16.7 Å². The van der Waals surface area contributed by atoms with Crippen LogP contribution in [0, 0.1) is 6.92 Å². The summed E-state index contributed by atoms with van der Waals surface area (Å²) in [5, 5.41) is 8.52. The number of hydrogen-bond acceptors (Lipinski definition) is 4. The number of carbonyl (C=O) groups is 1. The molecule has 26 heavy (non-hydrogen) atoms. The fourth-order valence-corrected chi connectivity index (χ4v) is 3.03. The predicted molar refractivity (Wildman–Crippen MR) is 102 cm³/mol. The normalized spacial score (nSPS) is 12.2. The number of benzene rings is 1. The number of carbonyl (C=O) groups excluding carboxylic acids is 1. The highest BCUT2D eigenvalue weighted by atomic mass is 35.5. The highest BCUT2D eigenvalue weighted by molar-refractivity contribution is 6.38. The molecule has 7 heteroatoms. The SMILES string of the molecule is CC[C@H](C)NC(=O)c1cnc2c(c(C)nn2-c2ccc(OC)cc2)c1Cl. The third-order valence-corrected chi connectivity index (χ3v) is 4.75. The lowest BCUT2D eigenvalue weighted by Crippen LogP contribution is -2.32. The van der Waals surface area contributed by atoms with Gasteiger partial charge in [0.25, 0.3) is 5.91 Å². The number of nitrogens with one attached hydrogen (secondary N) is 1. The van der Waals surface area contributed by atoms with Crippen LogP contribution in [-0.4, -0.2) is 33.8 Å². The molecule has 3 rings (SSSR count). The average Bonchev–Trinajstić information content (AvgIpc) is 2.99. The molecule has 0 bridgehead atoms. The van der Waals surface area contributed by atoms with Gasteiger partial charge in [-0.2, -0.15) is 5.10 Å². The fraction of sp³-hybridized carbons (Fsp3) is 0.316. The van der Waals surface area contributed by atoms with E-state index in [2.05, 4.69) is 15.4 Å². The van der Waals surface area contributed by atoms with E-state index < -0.39 is 0 Å². The molecule has 1 aromatic carbocycles. The number of amides is 1. The first-order chi connectivity index (χ1) is 12.5. The number of pyridine rings is 1. The van der Waals surface area contributed by atoms with Gasteiger partial charge in [0, 0.05) is 12.2 Å². The second-order valence-electron chi connectivity index (χ2n) is 6.16. The standard InChI is InChI=1S/C19H21ClN4O2/c1-5-11(2)22-19(25)15-10-21-18-16(17(15)20)12(3)23-24(18)13-6-8-14(26-4)9-7-13/h6-11H,5H2,1-4H3,(H,22,25)/t11-/m0/s1. The van der Waals surface area contributed by atoms with Crippen molar-refractivity contribution in [3.8, 4) is 11.4 Å². The quantitative estimate of drug-likeness (QED) is 0.737. The van der Waals surface area contributed by atoms with Gasteiger partial charge < -0.3 is 10.1 Å². The maximum absolute atomic E-state index is 12.5. The Kier molecular flexibility index (Phi) is 5.13. The molecule has 0 saturated carbocycles. The van der Waals surface area contributed by atoms with Gasteiger partial charge in [-0.1, -0.05) is 18.5 Å². The van der Waals surface area contributed by atoms with Gasteiger partial charge in [0.05, 0.1) is 34.5 Å². The van der Waals surface area contributed by atoms with E-state index in [1.165, 1.54) is 6.20 Å². The van der Waals surface area contributed by atoms with E-state index >= 15 is 0 Å². The molecule has 0 fully saturated rings. The largest absolute Gasteiger partial charge is 0.497 e. The van der Waals surface area contributed by atoms with E-state index in [0.29, 0.717) is 27.3 Å². The maximum atomic E-state index is 12.5. The number of aryl methyl sites for hydroxylation is 1. The highest BCUT2D eigenvalue weighted by Gasteiger charge is 2.20. The summed E-state index contributed by atoms with van der Waals surface area (Å²) in [4.78, 5) is 16.9. The molecule has 0 radical (unpaired) electrons. The van der Waals surface area contributed by atoms with Crippen molar-refractivity contribution < 1.29 is 9.53 Å². The Morgan fingerprint density at radius 3 is 2.65 bits per heavy atom. The van der Waals surface area contributed by atoms with Crippen LogP contribution >= 0.6 is 11.6 Å². The Morgan fingerprint density at radius 2 is 2.04 bits per heavy atom. The number of methoxy groups -OCH3 is 1. The van der Waals surface area contributed by atoms with Crippen molar-refractivity contribution in [1.29, 1.82) is 0 Å². The van der Waals surface area contributed by atoms with Crippen molar-refractivity contribution in [2.75, 3.05) is 7.11 Å². The molecule has 0 unspecified atom stereocenters. The molecule has 1 N–H and O–H groups in total. The van der Waals surface area contributed by atoms with Gasteiger partial charge in [0.1, 0.15) is 5.75 Å². The first-order valence-corrected chi connectivity index (χ1v) is 8.83. The van der Waals surface area contributed by atoms with Crippen molar-refractivity contribution in [1.82, 2.24) is 20.1 Å². The van der Waals surface area contributed by atoms with Crippen molar-refractivity contribution >= 4 is 28.5 Å². The Bertz CT molecular complexity index is 950. The van der Waals surface area contributed by atoms with Crippen LogP contribution in [0.3, 0.4) is 0 Å². The molecule has 0 saturated heterocycles. The van der Waals surface area contributed by atoms with Crippen LogP contribution in [0.1, 0.15) is 36.3 Å². The minimum absolute atomic E-state index is 0.0670. The lowest BCUT2D eigenvalue weighted by molar-refractivity contribution is 0.0939. The molecule has 0 aliphatic heterocycles. The Hall–Kier alpha value is -2.60. The Balaban J connectivity index is 2.07. The van der Waals surface area contributed by atoms with Gasteiger partial charge in [-0.15, -0.1) is 0 Å². The van der Waals surface area contributed by atoms with E-state index in [4.69, 9.17) is 16.3 Å². The van der Waals surface area contributed by atoms with Crippen molar-refractivity contribution in [3.63, 3.8) is 0 Å². The molecule has 2 heterocycles. The number of halogens is 1. The van der Waals surface area contributed by atoms with E-state index in [1.807, 2.05) is 45.0 Å². The van der Waals surface area contributed by atoms with E-state index in [-0.39, 0.29) is 11.9 Å². The molecular weight excluding hydrogens is 352 g/mol. The van der Waals surface area contributed by atoms with E-state index in [0.717, 1.165) is 17.9 Å². The third-order valence-electron chi connectivity index (χ3n) is 4.36. The first kappa shape index (κ1) is 18.2. The van der Waals surface area contributed by atoms with Gasteiger partial charge in [0.2, 0.25) is 0 Å². The predicted octanol–water partition coefficient (Wildman–Crippen LogP) is 3.92. The molecule has 1 amide bonds.